The number of nitrogens with two attached hydrogens (primary N) is 1. The zero-order valence-electron chi connectivity index (χ0n) is 11.8. The molecule has 1 aromatic heterocycles. The molecule has 2 heterocycles. The minimum atomic E-state index is 0.187. The van der Waals surface area contributed by atoms with Crippen LogP contribution in [0.5, 0.6) is 0 Å². The van der Waals surface area contributed by atoms with Crippen molar-refractivity contribution in [3.63, 3.8) is 0 Å². The summed E-state index contributed by atoms with van der Waals surface area (Å²) < 4.78 is 0. The maximum atomic E-state index is 5.93. The van der Waals surface area contributed by atoms with Crippen LogP contribution in [0.1, 0.15) is 39.2 Å². The Labute approximate surface area is 110 Å². The first kappa shape index (κ1) is 13.3. The summed E-state index contributed by atoms with van der Waals surface area (Å²) in [5.41, 5.74) is 7.22. The molecule has 0 spiro atoms. The molecule has 3 nitrogen and oxygen atoms in total. The summed E-state index contributed by atoms with van der Waals surface area (Å²) in [6, 6.07) is 4.94. The Hall–Kier alpha value is -1.09. The fourth-order valence-corrected chi connectivity index (χ4v) is 2.92. The molecule has 18 heavy (non-hydrogen) atoms. The minimum Gasteiger partial charge on any atom is -0.354 e. The lowest BCUT2D eigenvalue weighted by molar-refractivity contribution is 0.375. The van der Waals surface area contributed by atoms with Crippen molar-refractivity contribution < 1.29 is 0 Å². The van der Waals surface area contributed by atoms with Gasteiger partial charge in [0.05, 0.1) is 0 Å². The topological polar surface area (TPSA) is 42.1 Å². The van der Waals surface area contributed by atoms with Gasteiger partial charge in [0.15, 0.2) is 0 Å². The molecule has 0 saturated carbocycles. The fourth-order valence-electron chi connectivity index (χ4n) is 2.92. The van der Waals surface area contributed by atoms with Gasteiger partial charge in [0.2, 0.25) is 0 Å². The van der Waals surface area contributed by atoms with Crippen molar-refractivity contribution in [2.24, 2.45) is 11.7 Å². The average Bonchev–Trinajstić information content (AvgIpc) is 2.30. The Morgan fingerprint density at radius 1 is 1.50 bits per heavy atom. The summed E-state index contributed by atoms with van der Waals surface area (Å²) in [6.07, 6.45) is 5.32. The van der Waals surface area contributed by atoms with Crippen LogP contribution in [0, 0.1) is 5.92 Å². The number of rotatable bonds is 3. The van der Waals surface area contributed by atoms with Gasteiger partial charge in [-0.25, -0.2) is 4.98 Å². The Balaban J connectivity index is 2.21. The highest BCUT2D eigenvalue weighted by atomic mass is 15.2. The normalized spacial score (nSPS) is 26.1. The monoisotopic (exact) mass is 247 g/mol. The SMILES string of the molecule is CC(N)Cc1cccnc1N1CCC(C)CC1C. The molecule has 3 heteroatoms. The Morgan fingerprint density at radius 3 is 2.94 bits per heavy atom. The van der Waals surface area contributed by atoms with E-state index in [1.807, 2.05) is 12.3 Å². The first-order valence-electron chi connectivity index (χ1n) is 7.04. The molecule has 0 aliphatic carbocycles. The molecule has 3 unspecified atom stereocenters. The molecular weight excluding hydrogens is 222 g/mol. The van der Waals surface area contributed by atoms with E-state index in [1.54, 1.807) is 0 Å². The van der Waals surface area contributed by atoms with Crippen LogP contribution in [-0.4, -0.2) is 23.6 Å². The Bertz CT molecular complexity index is 389. The van der Waals surface area contributed by atoms with Crippen LogP contribution in [0.2, 0.25) is 0 Å². The van der Waals surface area contributed by atoms with Crippen molar-refractivity contribution >= 4 is 5.82 Å². The molecule has 1 aromatic rings. The number of aromatic nitrogens is 1. The van der Waals surface area contributed by atoms with Crippen molar-refractivity contribution in [1.82, 2.24) is 4.98 Å². The molecule has 100 valence electrons. The molecule has 1 aliphatic rings. The largest absolute Gasteiger partial charge is 0.354 e. The third-order valence-corrected chi connectivity index (χ3v) is 3.82. The van der Waals surface area contributed by atoms with E-state index in [0.29, 0.717) is 6.04 Å². The molecule has 0 aromatic carbocycles. The highest BCUT2D eigenvalue weighted by molar-refractivity contribution is 5.48. The molecule has 0 amide bonds. The molecule has 3 atom stereocenters. The Kier molecular flexibility index (Phi) is 4.23. The van der Waals surface area contributed by atoms with E-state index < -0.39 is 0 Å². The molecule has 2 N–H and O–H groups in total. The maximum Gasteiger partial charge on any atom is 0.131 e. The highest BCUT2D eigenvalue weighted by Crippen LogP contribution is 2.28. The van der Waals surface area contributed by atoms with E-state index in [0.717, 1.165) is 24.7 Å². The number of pyridine rings is 1. The first-order valence-corrected chi connectivity index (χ1v) is 7.04. The van der Waals surface area contributed by atoms with E-state index in [-0.39, 0.29) is 6.04 Å². The smallest absolute Gasteiger partial charge is 0.131 e. The van der Waals surface area contributed by atoms with Crippen molar-refractivity contribution in [3.05, 3.63) is 23.9 Å². The standard InChI is InChI=1S/C15H25N3/c1-11-6-8-18(13(3)9-11)15-14(10-12(2)16)5-4-7-17-15/h4-5,7,11-13H,6,8-10,16H2,1-3H3. The summed E-state index contributed by atoms with van der Waals surface area (Å²) in [6.45, 7) is 7.82. The predicted molar refractivity (Wildman–Crippen MR) is 76.8 cm³/mol. The van der Waals surface area contributed by atoms with E-state index in [2.05, 4.69) is 36.7 Å². The lowest BCUT2D eigenvalue weighted by atomic mass is 9.93. The zero-order valence-corrected chi connectivity index (χ0v) is 11.8. The van der Waals surface area contributed by atoms with Gasteiger partial charge in [-0.2, -0.15) is 0 Å². The molecule has 1 aliphatic heterocycles. The summed E-state index contributed by atoms with van der Waals surface area (Å²) in [4.78, 5) is 7.06. The lowest BCUT2D eigenvalue weighted by Gasteiger charge is -2.38. The van der Waals surface area contributed by atoms with Gasteiger partial charge < -0.3 is 10.6 Å². The van der Waals surface area contributed by atoms with Crippen LogP contribution < -0.4 is 10.6 Å². The van der Waals surface area contributed by atoms with E-state index in [9.17, 15) is 0 Å². The zero-order chi connectivity index (χ0) is 13.1. The van der Waals surface area contributed by atoms with Crippen LogP contribution in [0.25, 0.3) is 0 Å². The number of hydrogen-bond donors (Lipinski definition) is 1. The number of anilines is 1. The van der Waals surface area contributed by atoms with Gasteiger partial charge in [-0.15, -0.1) is 0 Å². The van der Waals surface area contributed by atoms with Gasteiger partial charge in [-0.1, -0.05) is 13.0 Å². The number of nitrogens with zero attached hydrogens (tertiary/aromatic N) is 2. The molecule has 1 saturated heterocycles. The third kappa shape index (κ3) is 3.02. The van der Waals surface area contributed by atoms with Crippen molar-refractivity contribution in [2.45, 2.75) is 52.1 Å². The molecule has 0 radical (unpaired) electrons. The first-order chi connectivity index (χ1) is 8.58. The summed E-state index contributed by atoms with van der Waals surface area (Å²) in [5.74, 6) is 1.98. The van der Waals surface area contributed by atoms with Crippen LogP contribution in [0.15, 0.2) is 18.3 Å². The van der Waals surface area contributed by atoms with Gasteiger partial charge in [-0.05, 0) is 50.7 Å². The number of piperidine rings is 1. The van der Waals surface area contributed by atoms with Crippen LogP contribution >= 0.6 is 0 Å². The van der Waals surface area contributed by atoms with Gasteiger partial charge in [0.25, 0.3) is 0 Å². The molecule has 1 fully saturated rings. The number of hydrogen-bond acceptors (Lipinski definition) is 3. The second-order valence-corrected chi connectivity index (χ2v) is 5.84. The summed E-state index contributed by atoms with van der Waals surface area (Å²) >= 11 is 0. The minimum absolute atomic E-state index is 0.187. The van der Waals surface area contributed by atoms with Crippen LogP contribution in [0.4, 0.5) is 5.82 Å². The van der Waals surface area contributed by atoms with Gasteiger partial charge in [0.1, 0.15) is 5.82 Å². The van der Waals surface area contributed by atoms with Gasteiger partial charge >= 0.3 is 0 Å². The predicted octanol–water partition coefficient (Wildman–Crippen LogP) is 2.60. The highest BCUT2D eigenvalue weighted by Gasteiger charge is 2.25. The van der Waals surface area contributed by atoms with E-state index in [1.165, 1.54) is 18.4 Å². The second kappa shape index (κ2) is 5.70. The second-order valence-electron chi connectivity index (χ2n) is 5.84. The van der Waals surface area contributed by atoms with Crippen molar-refractivity contribution in [3.8, 4) is 0 Å². The van der Waals surface area contributed by atoms with Crippen molar-refractivity contribution in [2.75, 3.05) is 11.4 Å². The summed E-state index contributed by atoms with van der Waals surface area (Å²) in [5, 5.41) is 0. The third-order valence-electron chi connectivity index (χ3n) is 3.82. The van der Waals surface area contributed by atoms with E-state index in [4.69, 9.17) is 5.73 Å². The van der Waals surface area contributed by atoms with Gasteiger partial charge in [0, 0.05) is 24.8 Å². The van der Waals surface area contributed by atoms with Gasteiger partial charge in [-0.3, -0.25) is 0 Å². The van der Waals surface area contributed by atoms with Crippen LogP contribution in [-0.2, 0) is 6.42 Å². The van der Waals surface area contributed by atoms with Crippen LogP contribution in [0.3, 0.4) is 0 Å². The average molecular weight is 247 g/mol. The lowest BCUT2D eigenvalue weighted by Crippen LogP contribution is -2.41. The molecule has 2 rings (SSSR count). The fraction of sp³-hybridized carbons (Fsp3) is 0.667. The quantitative estimate of drug-likeness (QED) is 0.892. The maximum absolute atomic E-state index is 5.93. The molecule has 0 bridgehead atoms. The molecular formula is C15H25N3. The van der Waals surface area contributed by atoms with E-state index >= 15 is 0 Å². The van der Waals surface area contributed by atoms with Crippen molar-refractivity contribution in [1.29, 1.82) is 0 Å². The summed E-state index contributed by atoms with van der Waals surface area (Å²) in [7, 11) is 0. The Morgan fingerprint density at radius 2 is 2.28 bits per heavy atom.